The van der Waals surface area contributed by atoms with Gasteiger partial charge in [0, 0.05) is 30.1 Å². The lowest BCUT2D eigenvalue weighted by Gasteiger charge is -2.15. The van der Waals surface area contributed by atoms with Crippen molar-refractivity contribution in [1.29, 1.82) is 0 Å². The summed E-state index contributed by atoms with van der Waals surface area (Å²) in [4.78, 5) is 25.0. The SMILES string of the molecule is CCCCc1ccc(NC(=O)CCn2c(=O)cc(C)c3cccc(OC)c32)cc1. The number of pyridine rings is 1. The first kappa shape index (κ1) is 20.6. The molecule has 0 aliphatic heterocycles. The van der Waals surface area contributed by atoms with Crippen molar-refractivity contribution >= 4 is 22.5 Å². The number of unbranched alkanes of at least 4 members (excludes halogenated alkanes) is 1. The second kappa shape index (κ2) is 9.41. The Bertz CT molecular complexity index is 1050. The summed E-state index contributed by atoms with van der Waals surface area (Å²) >= 11 is 0. The second-order valence-corrected chi connectivity index (χ2v) is 7.27. The molecule has 0 unspecified atom stereocenters. The number of anilines is 1. The van der Waals surface area contributed by atoms with Crippen molar-refractivity contribution in [3.05, 3.63) is 70.0 Å². The number of fused-ring (bicyclic) bond motifs is 1. The highest BCUT2D eigenvalue weighted by atomic mass is 16.5. The highest BCUT2D eigenvalue weighted by Crippen LogP contribution is 2.26. The minimum absolute atomic E-state index is 0.123. The van der Waals surface area contributed by atoms with Crippen LogP contribution < -0.4 is 15.6 Å². The largest absolute Gasteiger partial charge is 0.495 e. The fourth-order valence-electron chi connectivity index (χ4n) is 3.53. The van der Waals surface area contributed by atoms with Gasteiger partial charge in [-0.05, 0) is 49.1 Å². The van der Waals surface area contributed by atoms with Gasteiger partial charge < -0.3 is 14.6 Å². The number of aryl methyl sites for hydroxylation is 3. The van der Waals surface area contributed by atoms with Crippen LogP contribution in [0, 0.1) is 6.92 Å². The predicted octanol–water partition coefficient (Wildman–Crippen LogP) is 4.69. The number of amides is 1. The number of hydrogen-bond donors (Lipinski definition) is 1. The van der Waals surface area contributed by atoms with E-state index >= 15 is 0 Å². The lowest BCUT2D eigenvalue weighted by atomic mass is 10.1. The zero-order valence-electron chi connectivity index (χ0n) is 17.3. The summed E-state index contributed by atoms with van der Waals surface area (Å²) < 4.78 is 7.08. The highest BCUT2D eigenvalue weighted by molar-refractivity contribution is 5.91. The van der Waals surface area contributed by atoms with Crippen LogP contribution in [0.4, 0.5) is 5.69 Å². The average molecular weight is 392 g/mol. The van der Waals surface area contributed by atoms with Crippen molar-refractivity contribution in [2.75, 3.05) is 12.4 Å². The molecule has 0 fully saturated rings. The van der Waals surface area contributed by atoms with Crippen molar-refractivity contribution in [3.8, 4) is 5.75 Å². The Hall–Kier alpha value is -3.08. The molecule has 5 heteroatoms. The maximum absolute atomic E-state index is 12.6. The molecular weight excluding hydrogens is 364 g/mol. The number of nitrogens with one attached hydrogen (secondary N) is 1. The van der Waals surface area contributed by atoms with Gasteiger partial charge in [0.15, 0.2) is 0 Å². The van der Waals surface area contributed by atoms with Gasteiger partial charge in [-0.2, -0.15) is 0 Å². The number of rotatable bonds is 8. The highest BCUT2D eigenvalue weighted by Gasteiger charge is 2.12. The number of ether oxygens (including phenoxy) is 1. The third-order valence-electron chi connectivity index (χ3n) is 5.14. The van der Waals surface area contributed by atoms with Crippen LogP contribution in [-0.2, 0) is 17.8 Å². The number of aromatic nitrogens is 1. The summed E-state index contributed by atoms with van der Waals surface area (Å²) in [5.74, 6) is 0.508. The summed E-state index contributed by atoms with van der Waals surface area (Å²) in [6.07, 6.45) is 3.58. The third kappa shape index (κ3) is 4.86. The summed E-state index contributed by atoms with van der Waals surface area (Å²) in [6.45, 7) is 4.37. The zero-order valence-corrected chi connectivity index (χ0v) is 17.3. The number of hydrogen-bond acceptors (Lipinski definition) is 3. The zero-order chi connectivity index (χ0) is 20.8. The minimum atomic E-state index is -0.132. The number of benzene rings is 2. The number of carbonyl (C=O) groups excluding carboxylic acids is 1. The molecule has 3 rings (SSSR count). The summed E-state index contributed by atoms with van der Waals surface area (Å²) in [7, 11) is 1.59. The van der Waals surface area contributed by atoms with E-state index in [1.165, 1.54) is 5.56 Å². The molecule has 5 nitrogen and oxygen atoms in total. The fraction of sp³-hybridized carbons (Fsp3) is 0.333. The van der Waals surface area contributed by atoms with Crippen molar-refractivity contribution < 1.29 is 9.53 Å². The predicted molar refractivity (Wildman–Crippen MR) is 118 cm³/mol. The standard InChI is InChI=1S/C24H28N2O3/c1-4-5-7-18-10-12-19(13-11-18)25-22(27)14-15-26-23(28)16-17(2)20-8-6-9-21(29-3)24(20)26/h6,8-13,16H,4-5,7,14-15H2,1-3H3,(H,25,27). The van der Waals surface area contributed by atoms with E-state index in [9.17, 15) is 9.59 Å². The molecule has 152 valence electrons. The Labute approximate surface area is 171 Å². The molecule has 0 aliphatic carbocycles. The first-order chi connectivity index (χ1) is 14.0. The molecule has 3 aromatic rings. The van der Waals surface area contributed by atoms with Crippen molar-refractivity contribution in [3.63, 3.8) is 0 Å². The van der Waals surface area contributed by atoms with Gasteiger partial charge in [-0.3, -0.25) is 9.59 Å². The Morgan fingerprint density at radius 2 is 1.90 bits per heavy atom. The number of para-hydroxylation sites is 1. The molecule has 1 N–H and O–H groups in total. The van der Waals surface area contributed by atoms with Crippen LogP contribution in [0.15, 0.2) is 53.3 Å². The van der Waals surface area contributed by atoms with Crippen LogP contribution >= 0.6 is 0 Å². The van der Waals surface area contributed by atoms with Crippen LogP contribution in [0.1, 0.15) is 37.3 Å². The molecule has 0 aliphatic rings. The van der Waals surface area contributed by atoms with Gasteiger partial charge in [0.2, 0.25) is 5.91 Å². The Kier molecular flexibility index (Phi) is 6.70. The lowest BCUT2D eigenvalue weighted by Crippen LogP contribution is -2.24. The van der Waals surface area contributed by atoms with Crippen LogP contribution in [0.5, 0.6) is 5.75 Å². The molecular formula is C24H28N2O3. The normalized spacial score (nSPS) is 10.9. The van der Waals surface area contributed by atoms with E-state index in [0.29, 0.717) is 5.75 Å². The van der Waals surface area contributed by atoms with Gasteiger partial charge in [0.1, 0.15) is 5.75 Å². The van der Waals surface area contributed by atoms with E-state index in [1.54, 1.807) is 17.7 Å². The first-order valence-corrected chi connectivity index (χ1v) is 10.1. The third-order valence-corrected chi connectivity index (χ3v) is 5.14. The van der Waals surface area contributed by atoms with Gasteiger partial charge in [-0.25, -0.2) is 0 Å². The van der Waals surface area contributed by atoms with Crippen molar-refractivity contribution in [1.82, 2.24) is 4.57 Å². The van der Waals surface area contributed by atoms with Gasteiger partial charge >= 0.3 is 0 Å². The van der Waals surface area contributed by atoms with Crippen LogP contribution in [0.3, 0.4) is 0 Å². The quantitative estimate of drug-likeness (QED) is 0.605. The number of carbonyl (C=O) groups is 1. The van der Waals surface area contributed by atoms with Gasteiger partial charge in [0.25, 0.3) is 5.56 Å². The first-order valence-electron chi connectivity index (χ1n) is 10.1. The maximum atomic E-state index is 12.6. The topological polar surface area (TPSA) is 60.3 Å². The number of methoxy groups -OCH3 is 1. The minimum Gasteiger partial charge on any atom is -0.495 e. The van der Waals surface area contributed by atoms with Crippen LogP contribution in [0.2, 0.25) is 0 Å². The van der Waals surface area contributed by atoms with Crippen molar-refractivity contribution in [2.45, 2.75) is 46.1 Å². The van der Waals surface area contributed by atoms with E-state index < -0.39 is 0 Å². The van der Waals surface area contributed by atoms with E-state index in [4.69, 9.17) is 4.74 Å². The van der Waals surface area contributed by atoms with Gasteiger partial charge in [-0.1, -0.05) is 37.6 Å². The van der Waals surface area contributed by atoms with E-state index in [-0.39, 0.29) is 24.4 Å². The van der Waals surface area contributed by atoms with E-state index in [2.05, 4.69) is 12.2 Å². The second-order valence-electron chi connectivity index (χ2n) is 7.27. The molecule has 0 saturated carbocycles. The Morgan fingerprint density at radius 1 is 1.14 bits per heavy atom. The Balaban J connectivity index is 1.73. The maximum Gasteiger partial charge on any atom is 0.251 e. The summed E-state index contributed by atoms with van der Waals surface area (Å²) in [5, 5.41) is 3.87. The summed E-state index contributed by atoms with van der Waals surface area (Å²) in [5.41, 5.74) is 3.54. The molecule has 0 saturated heterocycles. The molecule has 0 bridgehead atoms. The molecule has 0 atom stereocenters. The molecule has 1 heterocycles. The Morgan fingerprint density at radius 3 is 2.59 bits per heavy atom. The average Bonchev–Trinajstić information content (AvgIpc) is 2.72. The van der Waals surface area contributed by atoms with Crippen LogP contribution in [-0.4, -0.2) is 17.6 Å². The molecule has 0 radical (unpaired) electrons. The van der Waals surface area contributed by atoms with Gasteiger partial charge in [0.05, 0.1) is 12.6 Å². The molecule has 29 heavy (non-hydrogen) atoms. The monoisotopic (exact) mass is 392 g/mol. The molecule has 1 aromatic heterocycles. The fourth-order valence-corrected chi connectivity index (χ4v) is 3.53. The molecule has 1 amide bonds. The lowest BCUT2D eigenvalue weighted by molar-refractivity contribution is -0.116. The number of nitrogens with zero attached hydrogens (tertiary/aromatic N) is 1. The molecule has 0 spiro atoms. The molecule has 2 aromatic carbocycles. The summed E-state index contributed by atoms with van der Waals surface area (Å²) in [6, 6.07) is 15.3. The van der Waals surface area contributed by atoms with Crippen molar-refractivity contribution in [2.24, 2.45) is 0 Å². The van der Waals surface area contributed by atoms with E-state index in [1.807, 2.05) is 49.4 Å². The van der Waals surface area contributed by atoms with Gasteiger partial charge in [-0.15, -0.1) is 0 Å². The smallest absolute Gasteiger partial charge is 0.251 e. The van der Waals surface area contributed by atoms with Crippen LogP contribution in [0.25, 0.3) is 10.9 Å². The van der Waals surface area contributed by atoms with E-state index in [0.717, 1.165) is 41.4 Å².